The van der Waals surface area contributed by atoms with E-state index in [4.69, 9.17) is 4.43 Å². The summed E-state index contributed by atoms with van der Waals surface area (Å²) >= 11 is 0. The van der Waals surface area contributed by atoms with E-state index < -0.39 is 9.04 Å². The summed E-state index contributed by atoms with van der Waals surface area (Å²) in [5.74, 6) is 3.96. The monoisotopic (exact) mass is 306 g/mol. The Balaban J connectivity index is 0.000000115. The van der Waals surface area contributed by atoms with Crippen LogP contribution in [0.2, 0.25) is 12.1 Å². The van der Waals surface area contributed by atoms with E-state index in [0.717, 1.165) is 23.7 Å². The normalized spacial score (nSPS) is 33.9. The molecule has 2 heteroatoms. The first-order valence-corrected chi connectivity index (χ1v) is 11.2. The molecule has 4 aliphatic carbocycles. The molecule has 2 saturated carbocycles. The summed E-state index contributed by atoms with van der Waals surface area (Å²) < 4.78 is 5.19. The first-order chi connectivity index (χ1) is 10.2. The maximum absolute atomic E-state index is 5.19. The molecule has 120 valence electrons. The molecule has 2 fully saturated rings. The minimum Gasteiger partial charge on any atom is -0.423 e. The van der Waals surface area contributed by atoms with E-state index in [1.54, 1.807) is 0 Å². The molecule has 4 atom stereocenters. The predicted octanol–water partition coefficient (Wildman–Crippen LogP) is 5.34. The van der Waals surface area contributed by atoms with E-state index in [-0.39, 0.29) is 0 Å². The summed E-state index contributed by atoms with van der Waals surface area (Å²) in [4.78, 5) is 0. The van der Waals surface area contributed by atoms with Crippen molar-refractivity contribution in [2.75, 3.05) is 7.11 Å². The average molecular weight is 307 g/mol. The van der Waals surface area contributed by atoms with Gasteiger partial charge in [0.05, 0.1) is 0 Å². The van der Waals surface area contributed by atoms with Gasteiger partial charge in [-0.25, -0.2) is 0 Å². The minimum atomic E-state index is -0.671. The summed E-state index contributed by atoms with van der Waals surface area (Å²) in [6, 6.07) is 2.54. The molecule has 0 heterocycles. The van der Waals surface area contributed by atoms with Crippen molar-refractivity contribution in [3.63, 3.8) is 0 Å². The number of allylic oxidation sites excluding steroid dienone is 4. The van der Waals surface area contributed by atoms with Gasteiger partial charge in [0.15, 0.2) is 9.04 Å². The second kappa shape index (κ2) is 8.95. The Kier molecular flexibility index (Phi) is 7.25. The predicted molar refractivity (Wildman–Crippen MR) is 95.1 cm³/mol. The van der Waals surface area contributed by atoms with Gasteiger partial charge in [0.2, 0.25) is 0 Å². The Morgan fingerprint density at radius 1 is 0.762 bits per heavy atom. The third-order valence-electron chi connectivity index (χ3n) is 5.58. The van der Waals surface area contributed by atoms with Gasteiger partial charge in [-0.1, -0.05) is 38.2 Å². The van der Waals surface area contributed by atoms with Crippen LogP contribution >= 0.6 is 0 Å². The topological polar surface area (TPSA) is 9.23 Å². The summed E-state index contributed by atoms with van der Waals surface area (Å²) in [6.07, 6.45) is 18.4. The molecular weight excluding hydrogens is 272 g/mol. The van der Waals surface area contributed by atoms with Gasteiger partial charge in [-0.3, -0.25) is 0 Å². The van der Waals surface area contributed by atoms with Gasteiger partial charge in [-0.05, 0) is 74.3 Å². The van der Waals surface area contributed by atoms with Crippen molar-refractivity contribution in [2.45, 2.75) is 64.5 Å². The number of rotatable bonds is 3. The molecule has 21 heavy (non-hydrogen) atoms. The first-order valence-electron chi connectivity index (χ1n) is 9.14. The molecule has 4 rings (SSSR count). The maximum Gasteiger partial charge on any atom is 0.175 e. The van der Waals surface area contributed by atoms with E-state index in [2.05, 4.69) is 38.2 Å². The second-order valence-electron chi connectivity index (χ2n) is 7.11. The lowest BCUT2D eigenvalue weighted by atomic mass is 10.1. The van der Waals surface area contributed by atoms with Gasteiger partial charge in [0.1, 0.15) is 0 Å². The largest absolute Gasteiger partial charge is 0.423 e. The quantitative estimate of drug-likeness (QED) is 0.505. The van der Waals surface area contributed by atoms with E-state index in [1.165, 1.54) is 50.6 Å². The van der Waals surface area contributed by atoms with E-state index in [0.29, 0.717) is 0 Å². The zero-order valence-electron chi connectivity index (χ0n) is 14.3. The zero-order chi connectivity index (χ0) is 15.1. The van der Waals surface area contributed by atoms with Gasteiger partial charge in [-0.15, -0.1) is 0 Å². The van der Waals surface area contributed by atoms with Crippen LogP contribution in [0.1, 0.15) is 52.4 Å². The summed E-state index contributed by atoms with van der Waals surface area (Å²) in [5, 5.41) is 0. The van der Waals surface area contributed by atoms with Crippen molar-refractivity contribution in [1.82, 2.24) is 0 Å². The average Bonchev–Trinajstić information content (AvgIpc) is 3.32. The number of hydrogen-bond donors (Lipinski definition) is 0. The molecule has 4 unspecified atom stereocenters. The Morgan fingerprint density at radius 3 is 1.14 bits per heavy atom. The molecule has 0 saturated heterocycles. The van der Waals surface area contributed by atoms with Crippen LogP contribution < -0.4 is 0 Å². The molecular formula is C19H34OSi. The highest BCUT2D eigenvalue weighted by Gasteiger charge is 2.25. The second-order valence-corrected chi connectivity index (χ2v) is 10.5. The molecule has 0 aromatic heterocycles. The molecule has 1 nitrogen and oxygen atoms in total. The fourth-order valence-electron chi connectivity index (χ4n) is 4.06. The summed E-state index contributed by atoms with van der Waals surface area (Å²) in [5.41, 5.74) is 0. The van der Waals surface area contributed by atoms with Gasteiger partial charge in [0.25, 0.3) is 0 Å². The minimum absolute atomic E-state index is 0.671. The van der Waals surface area contributed by atoms with Crippen molar-refractivity contribution in [3.8, 4) is 0 Å². The highest BCUT2D eigenvalue weighted by molar-refractivity contribution is 6.51. The van der Waals surface area contributed by atoms with Crippen molar-refractivity contribution in [2.24, 2.45) is 23.7 Å². The van der Waals surface area contributed by atoms with Crippen LogP contribution in [0.3, 0.4) is 0 Å². The maximum atomic E-state index is 5.19. The molecule has 0 N–H and O–H groups in total. The Labute approximate surface area is 133 Å². The lowest BCUT2D eigenvalue weighted by molar-refractivity contribution is 0.420. The van der Waals surface area contributed by atoms with Crippen molar-refractivity contribution in [1.29, 1.82) is 0 Å². The number of fused-ring (bicyclic) bond motifs is 4. The standard InChI is InChI=1S/2C7H10.C5H14OSi/c2*1-2-7-4-3-6(1)5-7;1-4-7(5-2)6-3/h2*1-2,6-7H,3-5H2;7H,4-5H2,1-3H3. The zero-order valence-corrected chi connectivity index (χ0v) is 15.4. The van der Waals surface area contributed by atoms with E-state index in [9.17, 15) is 0 Å². The van der Waals surface area contributed by atoms with Crippen molar-refractivity contribution < 1.29 is 4.43 Å². The van der Waals surface area contributed by atoms with Crippen molar-refractivity contribution in [3.05, 3.63) is 24.3 Å². The number of hydrogen-bond acceptors (Lipinski definition) is 1. The Bertz CT molecular complexity index is 288. The summed E-state index contributed by atoms with van der Waals surface area (Å²) in [6.45, 7) is 4.40. The smallest absolute Gasteiger partial charge is 0.175 e. The Hall–Kier alpha value is -0.343. The van der Waals surface area contributed by atoms with Crippen LogP contribution in [0.15, 0.2) is 24.3 Å². The molecule has 0 spiro atoms. The molecule has 0 aliphatic heterocycles. The highest BCUT2D eigenvalue weighted by Crippen LogP contribution is 2.38. The lowest BCUT2D eigenvalue weighted by Crippen LogP contribution is -2.11. The molecule has 0 radical (unpaired) electrons. The summed E-state index contributed by atoms with van der Waals surface area (Å²) in [7, 11) is 1.15. The van der Waals surface area contributed by atoms with Crippen LogP contribution in [0.5, 0.6) is 0 Å². The van der Waals surface area contributed by atoms with Crippen LogP contribution in [0.25, 0.3) is 0 Å². The SMILES string of the molecule is C1=CC2CCC1C2.C1=CC2CCC1C2.CC[SiH](CC)OC. The molecule has 4 bridgehead atoms. The highest BCUT2D eigenvalue weighted by atomic mass is 28.3. The third-order valence-corrected chi connectivity index (χ3v) is 8.07. The van der Waals surface area contributed by atoms with Crippen LogP contribution in [0, 0.1) is 23.7 Å². The lowest BCUT2D eigenvalue weighted by Gasteiger charge is -2.04. The van der Waals surface area contributed by atoms with Gasteiger partial charge in [-0.2, -0.15) is 0 Å². The van der Waals surface area contributed by atoms with Crippen LogP contribution in [-0.2, 0) is 4.43 Å². The fraction of sp³-hybridized carbons (Fsp3) is 0.789. The van der Waals surface area contributed by atoms with Crippen LogP contribution in [-0.4, -0.2) is 16.2 Å². The molecule has 0 aromatic rings. The first kappa shape index (κ1) is 17.0. The van der Waals surface area contributed by atoms with E-state index in [1.807, 2.05) is 7.11 Å². The molecule has 4 aliphatic rings. The van der Waals surface area contributed by atoms with Gasteiger partial charge < -0.3 is 4.43 Å². The van der Waals surface area contributed by atoms with Gasteiger partial charge in [0, 0.05) is 7.11 Å². The van der Waals surface area contributed by atoms with Gasteiger partial charge >= 0.3 is 0 Å². The van der Waals surface area contributed by atoms with Crippen molar-refractivity contribution >= 4 is 9.04 Å². The molecule has 0 aromatic carbocycles. The molecule has 0 amide bonds. The van der Waals surface area contributed by atoms with E-state index >= 15 is 0 Å². The van der Waals surface area contributed by atoms with Crippen LogP contribution in [0.4, 0.5) is 0 Å². The Morgan fingerprint density at radius 2 is 1.10 bits per heavy atom. The fourth-order valence-corrected chi connectivity index (χ4v) is 5.30. The third kappa shape index (κ3) is 5.41.